The van der Waals surface area contributed by atoms with Gasteiger partial charge in [0.15, 0.2) is 0 Å². The number of anilines is 1. The number of aromatic hydroxyl groups is 1. The Kier molecular flexibility index (Phi) is 6.46. The first kappa shape index (κ1) is 19.1. The number of aryl methyl sites for hydroxylation is 1. The zero-order valence-electron chi connectivity index (χ0n) is 14.9. The molecule has 0 saturated heterocycles. The summed E-state index contributed by atoms with van der Waals surface area (Å²) in [6, 6.07) is 8.79. The normalized spacial score (nSPS) is 10.0. The van der Waals surface area contributed by atoms with E-state index in [1.165, 1.54) is 0 Å². The van der Waals surface area contributed by atoms with E-state index in [1.54, 1.807) is 43.6 Å². The van der Waals surface area contributed by atoms with E-state index in [2.05, 4.69) is 20.5 Å². The lowest BCUT2D eigenvalue weighted by Gasteiger charge is -2.07. The summed E-state index contributed by atoms with van der Waals surface area (Å²) in [6.45, 7) is 5.70. The second kappa shape index (κ2) is 8.77. The fourth-order valence-electron chi connectivity index (χ4n) is 2.22. The Labute approximate surface area is 151 Å². The van der Waals surface area contributed by atoms with Crippen molar-refractivity contribution < 1.29 is 15.0 Å². The highest BCUT2D eigenvalue weighted by molar-refractivity contribution is 6.03. The number of pyridine rings is 1. The van der Waals surface area contributed by atoms with Gasteiger partial charge < -0.3 is 15.5 Å². The number of H-pyrrole nitrogens is 1. The number of carbonyl (C=O) groups excluding carboxylic acids is 1. The molecule has 2 aromatic heterocycles. The van der Waals surface area contributed by atoms with E-state index in [-0.39, 0.29) is 18.3 Å². The number of benzene rings is 1. The summed E-state index contributed by atoms with van der Waals surface area (Å²) in [6.07, 6.45) is 3.19. The Morgan fingerprint density at radius 3 is 2.65 bits per heavy atom. The minimum atomic E-state index is -0.319. The highest BCUT2D eigenvalue weighted by Crippen LogP contribution is 2.32. The van der Waals surface area contributed by atoms with Gasteiger partial charge in [-0.3, -0.25) is 14.9 Å². The lowest BCUT2D eigenvalue weighted by atomic mass is 10.0. The second-order valence-electron chi connectivity index (χ2n) is 5.58. The molecule has 4 N–H and O–H groups in total. The predicted molar refractivity (Wildman–Crippen MR) is 100 cm³/mol. The first-order chi connectivity index (χ1) is 12.5. The molecule has 0 spiro atoms. The summed E-state index contributed by atoms with van der Waals surface area (Å²) in [5.41, 5.74) is 3.80. The number of nitrogens with zero attached hydrogens (tertiary/aromatic N) is 2. The molecule has 136 valence electrons. The van der Waals surface area contributed by atoms with E-state index in [9.17, 15) is 9.90 Å². The number of aromatic nitrogens is 3. The van der Waals surface area contributed by atoms with Crippen molar-refractivity contribution in [3.63, 3.8) is 0 Å². The van der Waals surface area contributed by atoms with Crippen molar-refractivity contribution in [1.82, 2.24) is 15.2 Å². The molecule has 0 aliphatic carbocycles. The molecule has 7 nitrogen and oxygen atoms in total. The van der Waals surface area contributed by atoms with Crippen LogP contribution in [0.4, 0.5) is 5.69 Å². The van der Waals surface area contributed by atoms with Crippen LogP contribution in [0.3, 0.4) is 0 Å². The Morgan fingerprint density at radius 2 is 2.00 bits per heavy atom. The molecule has 2 heterocycles. The average Bonchev–Trinajstić information content (AvgIpc) is 3.11. The first-order valence-electron chi connectivity index (χ1n) is 8.15. The van der Waals surface area contributed by atoms with E-state index >= 15 is 0 Å². The van der Waals surface area contributed by atoms with Crippen molar-refractivity contribution in [1.29, 1.82) is 0 Å². The average molecular weight is 354 g/mol. The molecular formula is C19H22N4O3. The van der Waals surface area contributed by atoms with Gasteiger partial charge in [-0.2, -0.15) is 5.10 Å². The summed E-state index contributed by atoms with van der Waals surface area (Å²) < 4.78 is 0. The number of aromatic amines is 1. The fourth-order valence-corrected chi connectivity index (χ4v) is 2.22. The molecule has 0 radical (unpaired) electrons. The third-order valence-corrected chi connectivity index (χ3v) is 3.72. The molecule has 3 aromatic rings. The maximum Gasteiger partial charge on any atom is 0.273 e. The quantitative estimate of drug-likeness (QED) is 0.578. The maximum absolute atomic E-state index is 12.2. The monoisotopic (exact) mass is 354 g/mol. The van der Waals surface area contributed by atoms with Gasteiger partial charge in [-0.25, -0.2) is 0 Å². The zero-order valence-corrected chi connectivity index (χ0v) is 14.9. The van der Waals surface area contributed by atoms with Crippen LogP contribution >= 0.6 is 0 Å². The minimum Gasteiger partial charge on any atom is -0.507 e. The van der Waals surface area contributed by atoms with Gasteiger partial charge >= 0.3 is 0 Å². The minimum absolute atomic E-state index is 0.177. The number of carbonyl (C=O) groups is 1. The van der Waals surface area contributed by atoms with Crippen LogP contribution in [-0.2, 0) is 0 Å². The Bertz CT molecular complexity index is 876. The molecule has 0 unspecified atom stereocenters. The highest BCUT2D eigenvalue weighted by Gasteiger charge is 2.15. The van der Waals surface area contributed by atoms with E-state index in [0.29, 0.717) is 22.6 Å². The van der Waals surface area contributed by atoms with Gasteiger partial charge in [0.05, 0.1) is 17.6 Å². The second-order valence-corrected chi connectivity index (χ2v) is 5.58. The Balaban J connectivity index is 0.000000758. The topological polar surface area (TPSA) is 111 Å². The molecule has 0 aliphatic rings. The van der Waals surface area contributed by atoms with Gasteiger partial charge in [-0.1, -0.05) is 6.07 Å². The number of phenolic OH excluding ortho intramolecular Hbond substituents is 1. The van der Waals surface area contributed by atoms with E-state index in [4.69, 9.17) is 5.11 Å². The standard InChI is InChI=1S/C17H16N4O2.C2H6O/c1-10-5-6-13(16(22)11(10)2)14-8-15(21-20-14)17(23)19-12-4-3-7-18-9-12;1-2-3/h3-9,22H,1-2H3,(H,19,23)(H,20,21);3H,2H2,1H3. The van der Waals surface area contributed by atoms with E-state index in [0.717, 1.165) is 11.1 Å². The number of nitrogens with one attached hydrogen (secondary N) is 2. The molecule has 0 saturated carbocycles. The summed E-state index contributed by atoms with van der Waals surface area (Å²) in [4.78, 5) is 16.1. The van der Waals surface area contributed by atoms with Gasteiger partial charge in [-0.15, -0.1) is 0 Å². The molecule has 0 bridgehead atoms. The fraction of sp³-hybridized carbons (Fsp3) is 0.211. The van der Waals surface area contributed by atoms with Crippen molar-refractivity contribution >= 4 is 11.6 Å². The van der Waals surface area contributed by atoms with Crippen molar-refractivity contribution in [3.8, 4) is 17.0 Å². The first-order valence-corrected chi connectivity index (χ1v) is 8.15. The number of aliphatic hydroxyl groups is 1. The molecule has 3 rings (SSSR count). The van der Waals surface area contributed by atoms with Gasteiger partial charge in [0, 0.05) is 18.4 Å². The van der Waals surface area contributed by atoms with Crippen LogP contribution in [0.2, 0.25) is 0 Å². The predicted octanol–water partition coefficient (Wildman–Crippen LogP) is 3.05. The van der Waals surface area contributed by atoms with Crippen LogP contribution in [0.15, 0.2) is 42.7 Å². The number of rotatable bonds is 3. The van der Waals surface area contributed by atoms with Crippen molar-refractivity contribution in [2.75, 3.05) is 11.9 Å². The molecule has 7 heteroatoms. The van der Waals surface area contributed by atoms with Gasteiger partial charge in [-0.05, 0) is 56.2 Å². The van der Waals surface area contributed by atoms with Crippen molar-refractivity contribution in [2.24, 2.45) is 0 Å². The highest BCUT2D eigenvalue weighted by atomic mass is 16.3. The summed E-state index contributed by atoms with van der Waals surface area (Å²) in [5, 5.41) is 27.4. The van der Waals surface area contributed by atoms with E-state index < -0.39 is 0 Å². The number of hydrogen-bond donors (Lipinski definition) is 4. The smallest absolute Gasteiger partial charge is 0.273 e. The van der Waals surface area contributed by atoms with E-state index in [1.807, 2.05) is 19.9 Å². The van der Waals surface area contributed by atoms with Crippen molar-refractivity contribution in [3.05, 3.63) is 59.5 Å². The molecule has 0 aliphatic heterocycles. The third kappa shape index (κ3) is 4.46. The molecule has 0 atom stereocenters. The van der Waals surface area contributed by atoms with Crippen LogP contribution < -0.4 is 5.32 Å². The molecule has 1 amide bonds. The van der Waals surface area contributed by atoms with Gasteiger partial charge in [0.25, 0.3) is 5.91 Å². The molecular weight excluding hydrogens is 332 g/mol. The van der Waals surface area contributed by atoms with Crippen LogP contribution in [0.25, 0.3) is 11.3 Å². The molecule has 26 heavy (non-hydrogen) atoms. The molecule has 0 fully saturated rings. The molecule has 1 aromatic carbocycles. The lowest BCUT2D eigenvalue weighted by Crippen LogP contribution is -2.12. The Hall–Kier alpha value is -3.19. The maximum atomic E-state index is 12.2. The van der Waals surface area contributed by atoms with Crippen LogP contribution in [0.1, 0.15) is 28.5 Å². The van der Waals surface area contributed by atoms with Crippen LogP contribution in [-0.4, -0.2) is 37.9 Å². The van der Waals surface area contributed by atoms with Gasteiger partial charge in [0.1, 0.15) is 11.4 Å². The largest absolute Gasteiger partial charge is 0.507 e. The number of phenols is 1. The van der Waals surface area contributed by atoms with Gasteiger partial charge in [0.2, 0.25) is 0 Å². The lowest BCUT2D eigenvalue weighted by molar-refractivity contribution is 0.102. The van der Waals surface area contributed by atoms with Crippen molar-refractivity contribution in [2.45, 2.75) is 20.8 Å². The summed E-state index contributed by atoms with van der Waals surface area (Å²) >= 11 is 0. The zero-order chi connectivity index (χ0) is 19.1. The van der Waals surface area contributed by atoms with Crippen LogP contribution in [0, 0.1) is 13.8 Å². The summed E-state index contributed by atoms with van der Waals surface area (Å²) in [5.74, 6) is -0.143. The summed E-state index contributed by atoms with van der Waals surface area (Å²) in [7, 11) is 0. The number of hydrogen-bond acceptors (Lipinski definition) is 5. The Morgan fingerprint density at radius 1 is 1.27 bits per heavy atom. The van der Waals surface area contributed by atoms with Crippen LogP contribution in [0.5, 0.6) is 5.75 Å². The number of aliphatic hydroxyl groups excluding tert-OH is 1. The number of amides is 1. The third-order valence-electron chi connectivity index (χ3n) is 3.72. The SMILES string of the molecule is CCO.Cc1ccc(-c2cc(C(=O)Nc3cccnc3)[nH]n2)c(O)c1C.